The van der Waals surface area contributed by atoms with Crippen molar-refractivity contribution in [3.05, 3.63) is 78.4 Å². The van der Waals surface area contributed by atoms with E-state index in [1.807, 2.05) is 22.6 Å². The van der Waals surface area contributed by atoms with Gasteiger partial charge in [0.2, 0.25) is 0 Å². The lowest BCUT2D eigenvalue weighted by molar-refractivity contribution is -0.138. The number of halogens is 2. The molecule has 1 aliphatic heterocycles. The molecule has 2 aromatic rings. The van der Waals surface area contributed by atoms with Crippen LogP contribution in [0.25, 0.3) is 6.08 Å². The van der Waals surface area contributed by atoms with Gasteiger partial charge in [0.05, 0.1) is 25.7 Å². The van der Waals surface area contributed by atoms with Gasteiger partial charge < -0.3 is 14.9 Å². The topological polar surface area (TPSA) is 96.2 Å². The van der Waals surface area contributed by atoms with Crippen LogP contribution in [-0.4, -0.2) is 33.7 Å². The molecule has 0 fully saturated rings. The van der Waals surface area contributed by atoms with E-state index in [0.29, 0.717) is 14.0 Å². The Kier molecular flexibility index (Phi) is 7.22. The molecular formula is C21H15ClINO5S. The number of ether oxygens (including phenoxy) is 1. The van der Waals surface area contributed by atoms with Crippen LogP contribution in [0, 0.1) is 3.57 Å². The number of aliphatic hydroxyl groups is 1. The van der Waals surface area contributed by atoms with Crippen molar-refractivity contribution in [2.45, 2.75) is 6.92 Å². The van der Waals surface area contributed by atoms with Crippen LogP contribution in [0.5, 0.6) is 5.75 Å². The highest BCUT2D eigenvalue weighted by atomic mass is 127. The first kappa shape index (κ1) is 22.4. The Morgan fingerprint density at radius 3 is 2.63 bits per heavy atom. The summed E-state index contributed by atoms with van der Waals surface area (Å²) in [6, 6.07) is 11.3. The number of esters is 1. The Morgan fingerprint density at radius 1 is 1.23 bits per heavy atom. The van der Waals surface area contributed by atoms with Crippen molar-refractivity contribution in [3.63, 3.8) is 0 Å². The quantitative estimate of drug-likeness (QED) is 0.390. The fourth-order valence-electron chi connectivity index (χ4n) is 2.54. The Morgan fingerprint density at radius 2 is 1.97 bits per heavy atom. The fourth-order valence-corrected chi connectivity index (χ4v) is 4.31. The molecule has 3 rings (SSSR count). The minimum Gasteiger partial charge on any atom is -0.507 e. The summed E-state index contributed by atoms with van der Waals surface area (Å²) in [5.41, 5.74) is 0.690. The predicted octanol–water partition coefficient (Wildman–Crippen LogP) is 5.35. The molecule has 30 heavy (non-hydrogen) atoms. The number of nitrogens with zero attached hydrogens (tertiary/aromatic N) is 1. The zero-order chi connectivity index (χ0) is 21.8. The highest BCUT2D eigenvalue weighted by Gasteiger charge is 2.34. The van der Waals surface area contributed by atoms with Crippen LogP contribution < -0.4 is 0 Å². The van der Waals surface area contributed by atoms with Crippen molar-refractivity contribution < 1.29 is 24.5 Å². The van der Waals surface area contributed by atoms with Gasteiger partial charge in [-0.3, -0.25) is 4.79 Å². The van der Waals surface area contributed by atoms with Crippen LogP contribution in [0.3, 0.4) is 0 Å². The van der Waals surface area contributed by atoms with Gasteiger partial charge >= 0.3 is 5.97 Å². The van der Waals surface area contributed by atoms with Crippen LogP contribution in [0.15, 0.2) is 63.7 Å². The van der Waals surface area contributed by atoms with E-state index in [9.17, 15) is 19.8 Å². The summed E-state index contributed by atoms with van der Waals surface area (Å²) in [5, 5.41) is 20.6. The van der Waals surface area contributed by atoms with Gasteiger partial charge in [-0.1, -0.05) is 41.6 Å². The number of phenols is 1. The summed E-state index contributed by atoms with van der Waals surface area (Å²) in [7, 11) is 0. The zero-order valence-electron chi connectivity index (χ0n) is 15.6. The number of carbonyl (C=O) groups excluding carboxylic acids is 2. The van der Waals surface area contributed by atoms with Crippen LogP contribution >= 0.6 is 46.0 Å². The van der Waals surface area contributed by atoms with Gasteiger partial charge in [0.25, 0.3) is 5.91 Å². The normalized spacial score (nSPS) is 16.4. The third kappa shape index (κ3) is 4.88. The van der Waals surface area contributed by atoms with Gasteiger partial charge in [0.15, 0.2) is 0 Å². The molecule has 9 heteroatoms. The van der Waals surface area contributed by atoms with E-state index in [0.717, 1.165) is 11.8 Å². The Hall–Kier alpha value is -2.30. The van der Waals surface area contributed by atoms with Gasteiger partial charge in [0.1, 0.15) is 22.1 Å². The summed E-state index contributed by atoms with van der Waals surface area (Å²) in [6.07, 6.45) is 1.63. The van der Waals surface area contributed by atoms with E-state index in [4.69, 9.17) is 16.3 Å². The highest BCUT2D eigenvalue weighted by molar-refractivity contribution is 14.1. The second kappa shape index (κ2) is 9.67. The Bertz CT molecular complexity index is 1130. The maximum atomic E-state index is 12.6. The van der Waals surface area contributed by atoms with Crippen molar-refractivity contribution in [2.24, 2.45) is 4.99 Å². The molecule has 0 saturated heterocycles. The monoisotopic (exact) mass is 555 g/mol. The second-order valence-electron chi connectivity index (χ2n) is 5.97. The molecule has 0 radical (unpaired) electrons. The maximum Gasteiger partial charge on any atom is 0.344 e. The number of aliphatic imine (C=N–C) groups is 1. The van der Waals surface area contributed by atoms with Crippen molar-refractivity contribution in [2.75, 3.05) is 6.61 Å². The number of phenolic OH excluding ortho intramolecular Hbond substituents is 1. The first-order valence-corrected chi connectivity index (χ1v) is 11.0. The number of thioether (sulfide) groups is 1. The molecule has 6 nitrogen and oxygen atoms in total. The number of aliphatic hydroxyl groups excluding tert-OH is 1. The van der Waals surface area contributed by atoms with E-state index in [2.05, 4.69) is 4.99 Å². The number of amides is 1. The molecule has 0 atom stereocenters. The third-order valence-electron chi connectivity index (χ3n) is 3.95. The number of benzene rings is 2. The van der Waals surface area contributed by atoms with Gasteiger partial charge in [-0.25, -0.2) is 9.79 Å². The van der Waals surface area contributed by atoms with Crippen LogP contribution in [0.4, 0.5) is 0 Å². The highest BCUT2D eigenvalue weighted by Crippen LogP contribution is 2.39. The molecule has 0 bridgehead atoms. The third-order valence-corrected chi connectivity index (χ3v) is 6.16. The van der Waals surface area contributed by atoms with Crippen LogP contribution in [-0.2, 0) is 9.53 Å². The summed E-state index contributed by atoms with van der Waals surface area (Å²) < 4.78 is 5.65. The molecule has 0 aliphatic carbocycles. The minimum absolute atomic E-state index is 0.0237. The molecule has 0 saturated carbocycles. The molecule has 2 aromatic carbocycles. The molecule has 0 unspecified atom stereocenters. The Labute approximate surface area is 195 Å². The number of carbonyl (C=O) groups is 2. The summed E-state index contributed by atoms with van der Waals surface area (Å²) in [5.74, 6) is -1.61. The second-order valence-corrected chi connectivity index (χ2v) is 8.57. The van der Waals surface area contributed by atoms with Crippen molar-refractivity contribution >= 4 is 68.9 Å². The number of hydrogen-bond acceptors (Lipinski definition) is 6. The van der Waals surface area contributed by atoms with Crippen molar-refractivity contribution in [3.8, 4) is 5.75 Å². The van der Waals surface area contributed by atoms with E-state index in [1.165, 1.54) is 12.1 Å². The molecule has 1 aliphatic rings. The van der Waals surface area contributed by atoms with E-state index >= 15 is 0 Å². The van der Waals surface area contributed by atoms with Crippen LogP contribution in [0.2, 0.25) is 5.02 Å². The molecule has 1 heterocycles. The lowest BCUT2D eigenvalue weighted by Gasteiger charge is -2.04. The van der Waals surface area contributed by atoms with Crippen molar-refractivity contribution in [1.82, 2.24) is 0 Å². The van der Waals surface area contributed by atoms with Gasteiger partial charge in [-0.2, -0.15) is 0 Å². The summed E-state index contributed by atoms with van der Waals surface area (Å²) in [6.45, 7) is 1.74. The lowest BCUT2D eigenvalue weighted by Crippen LogP contribution is -2.14. The zero-order valence-corrected chi connectivity index (χ0v) is 19.3. The average Bonchev–Trinajstić information content (AvgIpc) is 3.00. The smallest absolute Gasteiger partial charge is 0.344 e. The minimum atomic E-state index is -0.781. The maximum absolute atomic E-state index is 12.6. The Balaban J connectivity index is 2.04. The molecule has 0 spiro atoms. The fraction of sp³-hybridized carbons (Fsp3) is 0.0952. The number of hydrogen-bond donors (Lipinski definition) is 2. The lowest BCUT2D eigenvalue weighted by atomic mass is 10.1. The standard InChI is InChI=1S/C21H15ClINO5S/c1-2-29-21(28)17-18(26)16(10-11-7-8-15(25)14(23)9-11)30-20(17)24-19(27)12-5-3-4-6-13(12)22/h3-10,25-26H,2H2,1H3/b16-10-,24-20?. The molecule has 154 valence electrons. The van der Waals surface area contributed by atoms with E-state index in [-0.39, 0.29) is 39.3 Å². The van der Waals surface area contributed by atoms with Gasteiger partial charge in [0, 0.05) is 0 Å². The molecule has 2 N–H and O–H groups in total. The summed E-state index contributed by atoms with van der Waals surface area (Å²) >= 11 is 9.02. The van der Waals surface area contributed by atoms with Crippen LogP contribution in [0.1, 0.15) is 22.8 Å². The largest absolute Gasteiger partial charge is 0.507 e. The molecule has 1 amide bonds. The van der Waals surface area contributed by atoms with Gasteiger partial charge in [-0.15, -0.1) is 0 Å². The first-order chi connectivity index (χ1) is 14.3. The SMILES string of the molecule is CCOC(=O)C1=C(O)/C(=C/c2ccc(O)c(I)c2)SC1=NC(=O)c1ccccc1Cl. The van der Waals surface area contributed by atoms with Gasteiger partial charge in [-0.05, 0) is 65.4 Å². The number of rotatable bonds is 4. The van der Waals surface area contributed by atoms with E-state index < -0.39 is 11.9 Å². The summed E-state index contributed by atoms with van der Waals surface area (Å²) in [4.78, 5) is 29.4. The predicted molar refractivity (Wildman–Crippen MR) is 126 cm³/mol. The van der Waals surface area contributed by atoms with E-state index in [1.54, 1.807) is 43.3 Å². The molecular weight excluding hydrogens is 541 g/mol. The average molecular weight is 556 g/mol. The van der Waals surface area contributed by atoms with Crippen molar-refractivity contribution in [1.29, 1.82) is 0 Å². The first-order valence-electron chi connectivity index (χ1n) is 8.68. The number of aromatic hydroxyl groups is 1. The molecule has 0 aromatic heterocycles.